The van der Waals surface area contributed by atoms with E-state index in [0.717, 1.165) is 12.1 Å². The zero-order chi connectivity index (χ0) is 18.0. The Balaban J connectivity index is 1.68. The molecule has 0 aliphatic carbocycles. The number of hydrogen-bond donors (Lipinski definition) is 0. The van der Waals surface area contributed by atoms with Gasteiger partial charge in [0.15, 0.2) is 0 Å². The average Bonchev–Trinajstić information content (AvgIpc) is 2.61. The van der Waals surface area contributed by atoms with E-state index in [9.17, 15) is 23.7 Å². The Morgan fingerprint density at radius 3 is 2.40 bits per heavy atom. The number of carbonyl (C=O) groups is 1. The smallest absolute Gasteiger partial charge is 0.271 e. The van der Waals surface area contributed by atoms with Crippen molar-refractivity contribution in [3.63, 3.8) is 0 Å². The average molecular weight is 347 g/mol. The van der Waals surface area contributed by atoms with E-state index in [1.165, 1.54) is 17.0 Å². The van der Waals surface area contributed by atoms with Crippen molar-refractivity contribution in [1.82, 2.24) is 4.90 Å². The second-order valence-electron chi connectivity index (χ2n) is 5.68. The van der Waals surface area contributed by atoms with Gasteiger partial charge in [-0.25, -0.2) is 8.78 Å². The molecule has 0 bridgehead atoms. The largest absolute Gasteiger partial charge is 0.368 e. The molecule has 8 heteroatoms. The van der Waals surface area contributed by atoms with Crippen LogP contribution in [0.3, 0.4) is 0 Å². The molecule has 1 fully saturated rings. The summed E-state index contributed by atoms with van der Waals surface area (Å²) in [4.78, 5) is 26.2. The van der Waals surface area contributed by atoms with Crippen LogP contribution >= 0.6 is 0 Å². The van der Waals surface area contributed by atoms with Gasteiger partial charge >= 0.3 is 0 Å². The molecule has 0 atom stereocenters. The Labute approximate surface area is 142 Å². The molecule has 0 N–H and O–H groups in total. The van der Waals surface area contributed by atoms with Crippen molar-refractivity contribution >= 4 is 17.3 Å². The summed E-state index contributed by atoms with van der Waals surface area (Å²) in [5.74, 6) is -2.10. The number of nitro groups is 1. The lowest BCUT2D eigenvalue weighted by molar-refractivity contribution is -0.384. The molecule has 1 aliphatic heterocycles. The molecule has 1 aliphatic rings. The summed E-state index contributed by atoms with van der Waals surface area (Å²) in [7, 11) is 0. The van der Waals surface area contributed by atoms with Gasteiger partial charge in [0.2, 0.25) is 0 Å². The summed E-state index contributed by atoms with van der Waals surface area (Å²) < 4.78 is 26.7. The third-order valence-electron chi connectivity index (χ3n) is 4.13. The number of halogens is 2. The van der Waals surface area contributed by atoms with Crippen LogP contribution in [0.25, 0.3) is 0 Å². The van der Waals surface area contributed by atoms with Crippen LogP contribution in [-0.2, 0) is 0 Å². The first-order chi connectivity index (χ1) is 12.0. The number of hydrogen-bond acceptors (Lipinski definition) is 4. The number of carbonyl (C=O) groups excluding carboxylic acids is 1. The van der Waals surface area contributed by atoms with Gasteiger partial charge in [0, 0.05) is 50.1 Å². The molecule has 6 nitrogen and oxygen atoms in total. The number of piperazine rings is 1. The molecule has 0 saturated carbocycles. The molecule has 130 valence electrons. The maximum atomic E-state index is 13.8. The lowest BCUT2D eigenvalue weighted by Crippen LogP contribution is -2.49. The number of nitro benzene ring substituents is 1. The molecular formula is C17H15F2N3O3. The van der Waals surface area contributed by atoms with Gasteiger partial charge in [0.25, 0.3) is 11.6 Å². The van der Waals surface area contributed by atoms with Crippen molar-refractivity contribution in [3.05, 3.63) is 69.8 Å². The number of non-ortho nitro benzene ring substituents is 1. The normalized spacial score (nSPS) is 14.5. The SMILES string of the molecule is O=C(c1ccc(F)cc1F)N1CCN(c2cccc([N+](=O)[O-])c2)CC1. The van der Waals surface area contributed by atoms with Gasteiger partial charge in [-0.2, -0.15) is 0 Å². The van der Waals surface area contributed by atoms with Crippen LogP contribution in [0.15, 0.2) is 42.5 Å². The molecule has 0 radical (unpaired) electrons. The van der Waals surface area contributed by atoms with Crippen LogP contribution in [0, 0.1) is 21.7 Å². The molecule has 1 amide bonds. The van der Waals surface area contributed by atoms with Gasteiger partial charge in [-0.3, -0.25) is 14.9 Å². The fraction of sp³-hybridized carbons (Fsp3) is 0.235. The number of rotatable bonds is 3. The molecule has 1 heterocycles. The third kappa shape index (κ3) is 3.57. The maximum absolute atomic E-state index is 13.8. The minimum absolute atomic E-state index is 0.00406. The van der Waals surface area contributed by atoms with Crippen molar-refractivity contribution in [3.8, 4) is 0 Å². The van der Waals surface area contributed by atoms with Gasteiger partial charge in [-0.15, -0.1) is 0 Å². The van der Waals surface area contributed by atoms with E-state index in [1.807, 2.05) is 4.90 Å². The first kappa shape index (κ1) is 16.8. The zero-order valence-corrected chi connectivity index (χ0v) is 13.2. The molecule has 1 saturated heterocycles. The fourth-order valence-corrected chi connectivity index (χ4v) is 2.80. The highest BCUT2D eigenvalue weighted by molar-refractivity contribution is 5.94. The molecular weight excluding hydrogens is 332 g/mol. The maximum Gasteiger partial charge on any atom is 0.271 e. The van der Waals surface area contributed by atoms with E-state index in [4.69, 9.17) is 0 Å². The molecule has 25 heavy (non-hydrogen) atoms. The summed E-state index contributed by atoms with van der Waals surface area (Å²) in [5.41, 5.74) is 0.545. The number of benzene rings is 2. The van der Waals surface area contributed by atoms with E-state index < -0.39 is 22.5 Å². The minimum Gasteiger partial charge on any atom is -0.368 e. The fourth-order valence-electron chi connectivity index (χ4n) is 2.80. The Morgan fingerprint density at radius 1 is 1.04 bits per heavy atom. The third-order valence-corrected chi connectivity index (χ3v) is 4.13. The molecule has 0 unspecified atom stereocenters. The number of amides is 1. The zero-order valence-electron chi connectivity index (χ0n) is 13.2. The second-order valence-corrected chi connectivity index (χ2v) is 5.68. The highest BCUT2D eigenvalue weighted by Gasteiger charge is 2.25. The topological polar surface area (TPSA) is 66.7 Å². The summed E-state index contributed by atoms with van der Waals surface area (Å²) in [6, 6.07) is 9.16. The first-order valence-electron chi connectivity index (χ1n) is 7.69. The first-order valence-corrected chi connectivity index (χ1v) is 7.69. The number of nitrogens with zero attached hydrogens (tertiary/aromatic N) is 3. The highest BCUT2D eigenvalue weighted by atomic mass is 19.1. The van der Waals surface area contributed by atoms with E-state index in [0.29, 0.717) is 37.9 Å². The standard InChI is InChI=1S/C17H15F2N3O3/c18-12-4-5-15(16(19)10-12)17(23)21-8-6-20(7-9-21)13-2-1-3-14(11-13)22(24)25/h1-5,10-11H,6-9H2. The van der Waals surface area contributed by atoms with Crippen LogP contribution in [0.4, 0.5) is 20.2 Å². The van der Waals surface area contributed by atoms with Crippen molar-refractivity contribution in [2.45, 2.75) is 0 Å². The summed E-state index contributed by atoms with van der Waals surface area (Å²) >= 11 is 0. The van der Waals surface area contributed by atoms with Gasteiger partial charge < -0.3 is 9.80 Å². The van der Waals surface area contributed by atoms with Gasteiger partial charge in [0.05, 0.1) is 10.5 Å². The molecule has 0 aromatic heterocycles. The minimum atomic E-state index is -0.883. The number of anilines is 1. The van der Waals surface area contributed by atoms with Crippen LogP contribution in [-0.4, -0.2) is 41.9 Å². The summed E-state index contributed by atoms with van der Waals surface area (Å²) in [6.07, 6.45) is 0. The summed E-state index contributed by atoms with van der Waals surface area (Å²) in [6.45, 7) is 1.63. The molecule has 2 aromatic carbocycles. The van der Waals surface area contributed by atoms with Crippen molar-refractivity contribution in [2.24, 2.45) is 0 Å². The Hall–Kier alpha value is -3.03. The van der Waals surface area contributed by atoms with E-state index in [-0.39, 0.29) is 11.3 Å². The van der Waals surface area contributed by atoms with Crippen molar-refractivity contribution in [1.29, 1.82) is 0 Å². The monoisotopic (exact) mass is 347 g/mol. The lowest BCUT2D eigenvalue weighted by Gasteiger charge is -2.36. The van der Waals surface area contributed by atoms with Crippen molar-refractivity contribution < 1.29 is 18.5 Å². The predicted octanol–water partition coefficient (Wildman–Crippen LogP) is 2.84. The highest BCUT2D eigenvalue weighted by Crippen LogP contribution is 2.23. The second kappa shape index (κ2) is 6.84. The molecule has 2 aromatic rings. The van der Waals surface area contributed by atoms with E-state index in [2.05, 4.69) is 0 Å². The molecule has 3 rings (SSSR count). The van der Waals surface area contributed by atoms with Gasteiger partial charge in [0.1, 0.15) is 11.6 Å². The Morgan fingerprint density at radius 2 is 1.76 bits per heavy atom. The quantitative estimate of drug-likeness (QED) is 0.633. The van der Waals surface area contributed by atoms with E-state index >= 15 is 0 Å². The van der Waals surface area contributed by atoms with Gasteiger partial charge in [-0.1, -0.05) is 6.07 Å². The molecule has 0 spiro atoms. The van der Waals surface area contributed by atoms with Crippen LogP contribution < -0.4 is 4.90 Å². The Kier molecular flexibility index (Phi) is 4.60. The van der Waals surface area contributed by atoms with Crippen LogP contribution in [0.2, 0.25) is 0 Å². The van der Waals surface area contributed by atoms with Crippen LogP contribution in [0.1, 0.15) is 10.4 Å². The predicted molar refractivity (Wildman–Crippen MR) is 87.6 cm³/mol. The van der Waals surface area contributed by atoms with Gasteiger partial charge in [-0.05, 0) is 18.2 Å². The van der Waals surface area contributed by atoms with Crippen molar-refractivity contribution in [2.75, 3.05) is 31.1 Å². The lowest BCUT2D eigenvalue weighted by atomic mass is 10.1. The van der Waals surface area contributed by atoms with E-state index in [1.54, 1.807) is 12.1 Å². The Bertz CT molecular complexity index is 821. The summed E-state index contributed by atoms with van der Waals surface area (Å²) in [5, 5.41) is 10.9. The van der Waals surface area contributed by atoms with Crippen LogP contribution in [0.5, 0.6) is 0 Å².